The number of unbranched alkanes of at least 4 members (excludes halogenated alkanes) is 3. The Kier molecular flexibility index (Phi) is 14.7. The Bertz CT molecular complexity index is 395. The second-order valence-corrected chi connectivity index (χ2v) is 7.84. The summed E-state index contributed by atoms with van der Waals surface area (Å²) in [6.45, 7) is 5.85. The largest absolute Gasteiger partial charge is 0.719 e. The molecule has 0 fully saturated rings. The van der Waals surface area contributed by atoms with Crippen LogP contribution in [0.1, 0.15) is 78.6 Å². The van der Waals surface area contributed by atoms with E-state index in [9.17, 15) is 15.0 Å². The van der Waals surface area contributed by atoms with Crippen LogP contribution in [0.15, 0.2) is 5.10 Å². The quantitative estimate of drug-likeness (QED) is 0.131. The lowest BCUT2D eigenvalue weighted by atomic mass is 9.80. The Balaban J connectivity index is 4.95. The van der Waals surface area contributed by atoms with Gasteiger partial charge in [-0.3, -0.25) is 4.79 Å². The van der Waals surface area contributed by atoms with Crippen molar-refractivity contribution in [1.29, 1.82) is 0 Å². The lowest BCUT2D eigenvalue weighted by Crippen LogP contribution is -2.43. The number of carbonyl (C=O) groups excluding carboxylic acids is 1. The van der Waals surface area contributed by atoms with Crippen LogP contribution in [0.2, 0.25) is 0 Å². The number of nitrogens with zero attached hydrogens (tertiary/aromatic N) is 1. The predicted molar refractivity (Wildman–Crippen MR) is 110 cm³/mol. The number of hydrazone groups is 1. The Hall–Kier alpha value is -0.240. The minimum absolute atomic E-state index is 0.123. The number of aliphatic hydroxyl groups excluding tert-OH is 1. The molecule has 0 spiro atoms. The summed E-state index contributed by atoms with van der Waals surface area (Å²) in [6.07, 6.45) is 9.04. The number of hydrogen-bond donors (Lipinski definition) is 3. The maximum Gasteiger partial charge on any atom is 0.248 e. The molecule has 0 heterocycles. The van der Waals surface area contributed by atoms with E-state index in [0.717, 1.165) is 36.5 Å². The second kappa shape index (κ2) is 14.9. The smallest absolute Gasteiger partial charge is 0.248 e. The topological polar surface area (TPSA) is 81.9 Å². The van der Waals surface area contributed by atoms with Crippen LogP contribution in [0.3, 0.4) is 0 Å². The number of hydrogen-bond acceptors (Lipinski definition) is 6. The lowest BCUT2D eigenvalue weighted by Gasteiger charge is -2.32. The standard InChI is InChI=1S/C18H36N2O3S2/c1-4-7-8-9-11-15(10-5-2)12-18(23,6-3)16(13-21)19-20-17(22)14-25-24/h15,21,23-24H,4-14H2,1-3H3,(H,20,22)/p-1/b19-16+. The fraction of sp³-hybridized carbons (Fsp3) is 0.889. The number of amides is 1. The molecule has 2 atom stereocenters. The average molecular weight is 392 g/mol. The van der Waals surface area contributed by atoms with Gasteiger partial charge in [-0.05, 0) is 18.8 Å². The second-order valence-electron chi connectivity index (χ2n) is 6.61. The molecule has 1 amide bonds. The summed E-state index contributed by atoms with van der Waals surface area (Å²) in [5.74, 6) is 0.189. The third-order valence-electron chi connectivity index (χ3n) is 4.57. The van der Waals surface area contributed by atoms with Crippen molar-refractivity contribution < 1.29 is 15.0 Å². The van der Waals surface area contributed by atoms with Crippen LogP contribution in [0, 0.1) is 5.92 Å². The van der Waals surface area contributed by atoms with E-state index >= 15 is 0 Å². The summed E-state index contributed by atoms with van der Waals surface area (Å²) in [7, 11) is 0.990. The van der Waals surface area contributed by atoms with Gasteiger partial charge in [-0.15, -0.1) is 0 Å². The SMILES string of the molecule is CCCCCCC(CCC)CC(O)(CC)/C(CO)=N/NC(=O)CS[S-]. The Morgan fingerprint density at radius 1 is 1.20 bits per heavy atom. The van der Waals surface area contributed by atoms with E-state index in [2.05, 4.69) is 36.0 Å². The summed E-state index contributed by atoms with van der Waals surface area (Å²) >= 11 is 4.69. The molecule has 0 aliphatic heterocycles. The minimum atomic E-state index is -1.19. The molecular weight excluding hydrogens is 356 g/mol. The molecule has 0 saturated heterocycles. The Morgan fingerprint density at radius 2 is 1.92 bits per heavy atom. The zero-order chi connectivity index (χ0) is 19.1. The van der Waals surface area contributed by atoms with E-state index in [0.29, 0.717) is 18.8 Å². The van der Waals surface area contributed by atoms with Crippen LogP contribution in [-0.2, 0) is 16.5 Å². The highest BCUT2D eigenvalue weighted by atomic mass is 33.1. The van der Waals surface area contributed by atoms with Crippen molar-refractivity contribution in [3.05, 3.63) is 0 Å². The summed E-state index contributed by atoms with van der Waals surface area (Å²) in [6, 6.07) is 0. The molecule has 7 heteroatoms. The van der Waals surface area contributed by atoms with Gasteiger partial charge in [0.2, 0.25) is 5.91 Å². The van der Waals surface area contributed by atoms with Crippen molar-refractivity contribution >= 4 is 34.1 Å². The van der Waals surface area contributed by atoms with Crippen LogP contribution < -0.4 is 5.43 Å². The monoisotopic (exact) mass is 391 g/mol. The van der Waals surface area contributed by atoms with Gasteiger partial charge in [0, 0.05) is 0 Å². The van der Waals surface area contributed by atoms with Gasteiger partial charge in [0.1, 0.15) is 5.60 Å². The molecule has 5 nitrogen and oxygen atoms in total. The number of nitrogens with one attached hydrogen (secondary N) is 1. The lowest BCUT2D eigenvalue weighted by molar-refractivity contribution is -0.118. The van der Waals surface area contributed by atoms with Gasteiger partial charge >= 0.3 is 0 Å². The third kappa shape index (κ3) is 10.5. The van der Waals surface area contributed by atoms with Gasteiger partial charge in [0.05, 0.1) is 18.1 Å². The van der Waals surface area contributed by atoms with Gasteiger partial charge < -0.3 is 32.7 Å². The van der Waals surface area contributed by atoms with E-state index in [1.54, 1.807) is 0 Å². The highest BCUT2D eigenvalue weighted by molar-refractivity contribution is 8.59. The van der Waals surface area contributed by atoms with E-state index < -0.39 is 5.60 Å². The molecule has 0 aliphatic rings. The normalized spacial score (nSPS) is 15.7. The summed E-state index contributed by atoms with van der Waals surface area (Å²) in [5.41, 5.74) is 1.42. The molecule has 0 bridgehead atoms. The molecule has 2 unspecified atom stereocenters. The maximum absolute atomic E-state index is 11.5. The van der Waals surface area contributed by atoms with E-state index in [1.165, 1.54) is 19.3 Å². The van der Waals surface area contributed by atoms with Gasteiger partial charge in [-0.2, -0.15) is 5.10 Å². The van der Waals surface area contributed by atoms with Crippen LogP contribution in [-0.4, -0.2) is 39.8 Å². The first-order valence-corrected chi connectivity index (χ1v) is 11.3. The molecule has 0 aromatic rings. The van der Waals surface area contributed by atoms with Crippen molar-refractivity contribution in [2.75, 3.05) is 12.4 Å². The molecule has 25 heavy (non-hydrogen) atoms. The van der Waals surface area contributed by atoms with Crippen molar-refractivity contribution in [3.63, 3.8) is 0 Å². The van der Waals surface area contributed by atoms with Crippen LogP contribution in [0.25, 0.3) is 0 Å². The maximum atomic E-state index is 11.5. The van der Waals surface area contributed by atoms with Crippen LogP contribution >= 0.6 is 10.8 Å². The van der Waals surface area contributed by atoms with Gasteiger partial charge in [0.15, 0.2) is 0 Å². The van der Waals surface area contributed by atoms with E-state index in [-0.39, 0.29) is 24.0 Å². The van der Waals surface area contributed by atoms with Crippen LogP contribution in [0.5, 0.6) is 0 Å². The van der Waals surface area contributed by atoms with Gasteiger partial charge in [-0.1, -0.05) is 65.7 Å². The summed E-state index contributed by atoms with van der Waals surface area (Å²) in [5, 5.41) is 24.7. The van der Waals surface area contributed by atoms with Crippen molar-refractivity contribution in [3.8, 4) is 0 Å². The predicted octanol–water partition coefficient (Wildman–Crippen LogP) is 3.56. The molecule has 0 rings (SSSR count). The van der Waals surface area contributed by atoms with Gasteiger partial charge in [0.25, 0.3) is 0 Å². The first-order chi connectivity index (χ1) is 12.0. The molecule has 0 aromatic carbocycles. The average Bonchev–Trinajstić information content (AvgIpc) is 2.59. The Morgan fingerprint density at radius 3 is 2.44 bits per heavy atom. The first-order valence-electron chi connectivity index (χ1n) is 9.41. The Labute approximate surface area is 162 Å². The molecule has 0 aliphatic carbocycles. The zero-order valence-electron chi connectivity index (χ0n) is 15.9. The van der Waals surface area contributed by atoms with Crippen LogP contribution in [0.4, 0.5) is 0 Å². The summed E-state index contributed by atoms with van der Waals surface area (Å²) in [4.78, 5) is 11.5. The minimum Gasteiger partial charge on any atom is -0.719 e. The highest BCUT2D eigenvalue weighted by Gasteiger charge is 2.34. The molecule has 0 aromatic heterocycles. The summed E-state index contributed by atoms with van der Waals surface area (Å²) < 4.78 is 0. The molecule has 148 valence electrons. The number of aliphatic hydroxyl groups is 2. The van der Waals surface area contributed by atoms with Crippen molar-refractivity contribution in [2.24, 2.45) is 11.0 Å². The zero-order valence-corrected chi connectivity index (χ0v) is 17.6. The fourth-order valence-corrected chi connectivity index (χ4v) is 3.56. The molecule has 0 saturated carbocycles. The van der Waals surface area contributed by atoms with Gasteiger partial charge in [-0.25, -0.2) is 5.43 Å². The van der Waals surface area contributed by atoms with Crippen molar-refractivity contribution in [2.45, 2.75) is 84.2 Å². The molecular formula is C18H35N2O3S2-. The molecule has 0 radical (unpaired) electrons. The number of rotatable bonds is 15. The van der Waals surface area contributed by atoms with E-state index in [4.69, 9.17) is 0 Å². The number of carbonyl (C=O) groups is 1. The van der Waals surface area contributed by atoms with Crippen molar-refractivity contribution in [1.82, 2.24) is 5.43 Å². The first kappa shape index (κ1) is 24.8. The molecule has 3 N–H and O–H groups in total. The third-order valence-corrected chi connectivity index (χ3v) is 5.30. The fourth-order valence-electron chi connectivity index (χ4n) is 3.06. The highest BCUT2D eigenvalue weighted by Crippen LogP contribution is 2.29. The van der Waals surface area contributed by atoms with E-state index in [1.807, 2.05) is 6.92 Å².